The molecule has 2 rings (SSSR count). The van der Waals surface area contributed by atoms with Gasteiger partial charge in [0.15, 0.2) is 5.96 Å². The molecule has 1 saturated carbocycles. The summed E-state index contributed by atoms with van der Waals surface area (Å²) in [6.45, 7) is 5.81. The second-order valence-corrected chi connectivity index (χ2v) is 5.88. The van der Waals surface area contributed by atoms with Crippen LogP contribution in [0.3, 0.4) is 0 Å². The van der Waals surface area contributed by atoms with Crippen molar-refractivity contribution in [3.8, 4) is 0 Å². The summed E-state index contributed by atoms with van der Waals surface area (Å²) in [7, 11) is 1.95. The van der Waals surface area contributed by atoms with Gasteiger partial charge < -0.3 is 20.3 Å². The van der Waals surface area contributed by atoms with E-state index in [9.17, 15) is 9.59 Å². The maximum Gasteiger partial charge on any atom is 0.324 e. The minimum atomic E-state index is -0.336. The van der Waals surface area contributed by atoms with Crippen LogP contribution in [0.2, 0.25) is 0 Å². The van der Waals surface area contributed by atoms with Crippen LogP contribution in [0.1, 0.15) is 19.8 Å². The Balaban J connectivity index is 1.73. The molecule has 0 radical (unpaired) electrons. The van der Waals surface area contributed by atoms with Gasteiger partial charge in [0.2, 0.25) is 5.91 Å². The van der Waals surface area contributed by atoms with Crippen molar-refractivity contribution in [1.82, 2.24) is 20.4 Å². The molecule has 0 aromatic carbocycles. The fourth-order valence-electron chi connectivity index (χ4n) is 2.25. The summed E-state index contributed by atoms with van der Waals surface area (Å²) in [4.78, 5) is 30.6. The molecule has 1 heterocycles. The SMILES string of the molecule is CCNC(=NCCN1C(=O)CNC1=O)N(C)CCOCC1CC1. The van der Waals surface area contributed by atoms with Crippen molar-refractivity contribution in [3.63, 3.8) is 0 Å². The first-order valence-corrected chi connectivity index (χ1v) is 8.27. The van der Waals surface area contributed by atoms with Crippen LogP contribution in [0.15, 0.2) is 4.99 Å². The smallest absolute Gasteiger partial charge is 0.324 e. The van der Waals surface area contributed by atoms with Crippen LogP contribution >= 0.6 is 0 Å². The molecule has 8 heteroatoms. The van der Waals surface area contributed by atoms with Gasteiger partial charge in [0.05, 0.1) is 26.2 Å². The number of nitrogens with one attached hydrogen (secondary N) is 2. The van der Waals surface area contributed by atoms with Crippen LogP contribution in [0.4, 0.5) is 4.79 Å². The molecule has 0 atom stereocenters. The highest BCUT2D eigenvalue weighted by molar-refractivity contribution is 6.01. The quantitative estimate of drug-likeness (QED) is 0.267. The van der Waals surface area contributed by atoms with Gasteiger partial charge in [0.1, 0.15) is 0 Å². The Labute approximate surface area is 137 Å². The summed E-state index contributed by atoms with van der Waals surface area (Å²) in [5, 5.41) is 5.71. The van der Waals surface area contributed by atoms with Gasteiger partial charge >= 0.3 is 6.03 Å². The molecule has 3 amide bonds. The van der Waals surface area contributed by atoms with Crippen LogP contribution in [0.25, 0.3) is 0 Å². The van der Waals surface area contributed by atoms with E-state index in [-0.39, 0.29) is 18.5 Å². The van der Waals surface area contributed by atoms with Crippen molar-refractivity contribution in [3.05, 3.63) is 0 Å². The molecule has 0 spiro atoms. The van der Waals surface area contributed by atoms with E-state index in [1.807, 2.05) is 18.9 Å². The first-order valence-electron chi connectivity index (χ1n) is 8.27. The minimum absolute atomic E-state index is 0.0842. The molecular weight excluding hydrogens is 298 g/mol. The summed E-state index contributed by atoms with van der Waals surface area (Å²) < 4.78 is 5.64. The van der Waals surface area contributed by atoms with Crippen LogP contribution < -0.4 is 10.6 Å². The Morgan fingerprint density at radius 3 is 2.87 bits per heavy atom. The molecule has 2 N–H and O–H groups in total. The Bertz CT molecular complexity index is 434. The normalized spacial score (nSPS) is 18.3. The molecule has 0 aromatic rings. The number of likely N-dealkylation sites (N-methyl/N-ethyl adjacent to an activating group) is 1. The molecule has 0 bridgehead atoms. The van der Waals surface area contributed by atoms with E-state index in [0.717, 1.165) is 31.6 Å². The molecule has 1 saturated heterocycles. The van der Waals surface area contributed by atoms with Gasteiger partial charge in [-0.3, -0.25) is 14.7 Å². The number of carbonyl (C=O) groups excluding carboxylic acids is 2. The predicted octanol–water partition coefficient (Wildman–Crippen LogP) is -0.138. The van der Waals surface area contributed by atoms with Gasteiger partial charge in [0, 0.05) is 26.7 Å². The summed E-state index contributed by atoms with van der Waals surface area (Å²) in [6.07, 6.45) is 2.59. The lowest BCUT2D eigenvalue weighted by atomic mass is 10.5. The van der Waals surface area contributed by atoms with E-state index in [1.54, 1.807) is 0 Å². The van der Waals surface area contributed by atoms with E-state index >= 15 is 0 Å². The molecule has 1 aliphatic heterocycles. The van der Waals surface area contributed by atoms with Gasteiger partial charge in [-0.25, -0.2) is 4.79 Å². The topological polar surface area (TPSA) is 86.3 Å². The number of urea groups is 1. The van der Waals surface area contributed by atoms with E-state index < -0.39 is 0 Å². The van der Waals surface area contributed by atoms with Crippen LogP contribution in [0.5, 0.6) is 0 Å². The number of aliphatic imine (C=N–C) groups is 1. The van der Waals surface area contributed by atoms with Crippen LogP contribution in [0, 0.1) is 5.92 Å². The van der Waals surface area contributed by atoms with Crippen molar-refractivity contribution >= 4 is 17.9 Å². The van der Waals surface area contributed by atoms with Crippen molar-refractivity contribution in [2.24, 2.45) is 10.9 Å². The number of nitrogens with zero attached hydrogens (tertiary/aromatic N) is 3. The lowest BCUT2D eigenvalue weighted by Gasteiger charge is -2.22. The molecule has 1 aliphatic carbocycles. The summed E-state index contributed by atoms with van der Waals surface area (Å²) in [6, 6.07) is -0.336. The molecule has 23 heavy (non-hydrogen) atoms. The number of imide groups is 1. The standard InChI is InChI=1S/C15H27N5O3/c1-3-16-14(19(2)8-9-23-11-12-4-5-12)17-6-7-20-13(21)10-18-15(20)22/h12H,3-11H2,1-2H3,(H,16,17)(H,18,22). The van der Waals surface area contributed by atoms with Crippen molar-refractivity contribution < 1.29 is 14.3 Å². The Morgan fingerprint density at radius 2 is 2.26 bits per heavy atom. The van der Waals surface area contributed by atoms with E-state index in [1.165, 1.54) is 17.7 Å². The average molecular weight is 325 g/mol. The number of hydrogen-bond donors (Lipinski definition) is 2. The third kappa shape index (κ3) is 5.70. The third-order valence-corrected chi connectivity index (χ3v) is 3.84. The molecular formula is C15H27N5O3. The minimum Gasteiger partial charge on any atom is -0.379 e. The van der Waals surface area contributed by atoms with E-state index in [4.69, 9.17) is 4.74 Å². The largest absolute Gasteiger partial charge is 0.379 e. The summed E-state index contributed by atoms with van der Waals surface area (Å²) in [5.74, 6) is 1.33. The zero-order valence-corrected chi connectivity index (χ0v) is 14.0. The first kappa shape index (κ1) is 17.5. The first-order chi connectivity index (χ1) is 11.1. The number of ether oxygens (including phenoxy) is 1. The zero-order chi connectivity index (χ0) is 16.7. The Hall–Kier alpha value is -1.83. The number of guanidine groups is 1. The summed E-state index contributed by atoms with van der Waals surface area (Å²) >= 11 is 0. The molecule has 130 valence electrons. The highest BCUT2D eigenvalue weighted by Gasteiger charge is 2.27. The van der Waals surface area contributed by atoms with E-state index in [2.05, 4.69) is 15.6 Å². The fraction of sp³-hybridized carbons (Fsp3) is 0.800. The van der Waals surface area contributed by atoms with Crippen molar-refractivity contribution in [2.45, 2.75) is 19.8 Å². The molecule has 2 aliphatic rings. The lowest BCUT2D eigenvalue weighted by Crippen LogP contribution is -2.41. The number of hydrogen-bond acceptors (Lipinski definition) is 4. The summed E-state index contributed by atoms with van der Waals surface area (Å²) in [5.41, 5.74) is 0. The zero-order valence-electron chi connectivity index (χ0n) is 14.0. The molecule has 0 unspecified atom stereocenters. The van der Waals surface area contributed by atoms with E-state index in [0.29, 0.717) is 19.7 Å². The van der Waals surface area contributed by atoms with Crippen molar-refractivity contribution in [2.75, 3.05) is 53.0 Å². The van der Waals surface area contributed by atoms with Gasteiger partial charge in [-0.1, -0.05) is 0 Å². The Kier molecular flexibility index (Phi) is 6.64. The van der Waals surface area contributed by atoms with Gasteiger partial charge in [-0.05, 0) is 25.7 Å². The molecule has 2 fully saturated rings. The van der Waals surface area contributed by atoms with Crippen LogP contribution in [-0.2, 0) is 9.53 Å². The fourth-order valence-corrected chi connectivity index (χ4v) is 2.25. The van der Waals surface area contributed by atoms with Gasteiger partial charge in [0.25, 0.3) is 0 Å². The number of carbonyl (C=O) groups is 2. The second kappa shape index (κ2) is 8.71. The molecule has 0 aromatic heterocycles. The highest BCUT2D eigenvalue weighted by Crippen LogP contribution is 2.28. The maximum absolute atomic E-state index is 11.5. The van der Waals surface area contributed by atoms with Crippen LogP contribution in [-0.4, -0.2) is 80.7 Å². The average Bonchev–Trinajstić information content (AvgIpc) is 3.30. The van der Waals surface area contributed by atoms with Gasteiger partial charge in [-0.2, -0.15) is 0 Å². The lowest BCUT2D eigenvalue weighted by molar-refractivity contribution is -0.124. The monoisotopic (exact) mass is 325 g/mol. The third-order valence-electron chi connectivity index (χ3n) is 3.84. The highest BCUT2D eigenvalue weighted by atomic mass is 16.5. The number of amides is 3. The predicted molar refractivity (Wildman–Crippen MR) is 87.3 cm³/mol. The van der Waals surface area contributed by atoms with Crippen molar-refractivity contribution in [1.29, 1.82) is 0 Å². The maximum atomic E-state index is 11.5. The molecule has 8 nitrogen and oxygen atoms in total. The Morgan fingerprint density at radius 1 is 1.48 bits per heavy atom. The second-order valence-electron chi connectivity index (χ2n) is 5.88. The number of rotatable bonds is 9. The van der Waals surface area contributed by atoms with Gasteiger partial charge in [-0.15, -0.1) is 0 Å².